The third-order valence-electron chi connectivity index (χ3n) is 7.61. The van der Waals surface area contributed by atoms with Crippen LogP contribution in [0.1, 0.15) is 24.1 Å². The van der Waals surface area contributed by atoms with Crippen molar-refractivity contribution in [3.8, 4) is 11.1 Å². The highest BCUT2D eigenvalue weighted by atomic mass is 16.2. The van der Waals surface area contributed by atoms with Gasteiger partial charge in [0.15, 0.2) is 0 Å². The predicted octanol–water partition coefficient (Wildman–Crippen LogP) is 4.86. The summed E-state index contributed by atoms with van der Waals surface area (Å²) < 4.78 is 0. The molecule has 0 unspecified atom stereocenters. The molecule has 0 atom stereocenters. The fourth-order valence-electron chi connectivity index (χ4n) is 5.48. The maximum atomic E-state index is 14.1. The molecule has 2 aromatic carbocycles. The summed E-state index contributed by atoms with van der Waals surface area (Å²) in [5.74, 6) is 0.234. The van der Waals surface area contributed by atoms with Crippen LogP contribution in [0.5, 0.6) is 0 Å². The third kappa shape index (κ3) is 4.13. The number of nitrogens with zero attached hydrogens (tertiary/aromatic N) is 6. The molecule has 2 aliphatic heterocycles. The average Bonchev–Trinajstić information content (AvgIpc) is 3.17. The van der Waals surface area contributed by atoms with Crippen molar-refractivity contribution in [2.24, 2.45) is 0 Å². The van der Waals surface area contributed by atoms with E-state index in [1.807, 2.05) is 66.9 Å². The van der Waals surface area contributed by atoms with E-state index >= 15 is 0 Å². The number of aromatic nitrogens is 3. The maximum absolute atomic E-state index is 14.1. The number of anilines is 2. The molecule has 8 nitrogen and oxygen atoms in total. The summed E-state index contributed by atoms with van der Waals surface area (Å²) in [6, 6.07) is 22.9. The van der Waals surface area contributed by atoms with E-state index < -0.39 is 5.54 Å². The molecule has 2 saturated heterocycles. The molecule has 3 amide bonds. The lowest BCUT2D eigenvalue weighted by molar-refractivity contribution is -0.123. The van der Waals surface area contributed by atoms with Gasteiger partial charge in [-0.05, 0) is 60.7 Å². The molecule has 8 heteroatoms. The van der Waals surface area contributed by atoms with Crippen molar-refractivity contribution >= 4 is 23.4 Å². The molecule has 2 fully saturated rings. The Morgan fingerprint density at radius 2 is 1.55 bits per heavy atom. The SMILES string of the molecule is Cc1cccnc1CN1CCC2(CC1)C(=O)N(c1ccc(-c3ccccc3)cc1)C(=O)N2c1ccncn1. The number of piperidine rings is 1. The average molecular weight is 505 g/mol. The zero-order valence-electron chi connectivity index (χ0n) is 21.2. The highest BCUT2D eigenvalue weighted by molar-refractivity contribution is 6.30. The number of likely N-dealkylation sites (tertiary alicyclic amines) is 1. The zero-order chi connectivity index (χ0) is 26.1. The Hall–Kier alpha value is -4.43. The summed E-state index contributed by atoms with van der Waals surface area (Å²) in [4.78, 5) is 46.2. The molecule has 4 heterocycles. The minimum absolute atomic E-state index is 0.206. The molecule has 38 heavy (non-hydrogen) atoms. The van der Waals surface area contributed by atoms with Crippen molar-refractivity contribution < 1.29 is 9.59 Å². The molecular formula is C30H28N6O2. The van der Waals surface area contributed by atoms with Crippen molar-refractivity contribution in [3.63, 3.8) is 0 Å². The van der Waals surface area contributed by atoms with E-state index in [2.05, 4.69) is 32.8 Å². The number of pyridine rings is 1. The number of hydrogen-bond donors (Lipinski definition) is 0. The largest absolute Gasteiger partial charge is 0.338 e. The number of urea groups is 1. The molecule has 0 N–H and O–H groups in total. The second kappa shape index (κ2) is 9.79. The van der Waals surface area contributed by atoms with Crippen LogP contribution in [0.3, 0.4) is 0 Å². The van der Waals surface area contributed by atoms with Crippen molar-refractivity contribution in [3.05, 3.63) is 103 Å². The first-order valence-corrected chi connectivity index (χ1v) is 12.8. The van der Waals surface area contributed by atoms with Crippen molar-refractivity contribution in [1.82, 2.24) is 19.9 Å². The lowest BCUT2D eigenvalue weighted by atomic mass is 9.85. The molecule has 0 aliphatic carbocycles. The minimum Gasteiger partial charge on any atom is -0.297 e. The van der Waals surface area contributed by atoms with Gasteiger partial charge in [0.25, 0.3) is 5.91 Å². The molecule has 0 radical (unpaired) electrons. The number of rotatable bonds is 5. The summed E-state index contributed by atoms with van der Waals surface area (Å²) in [5.41, 5.74) is 3.83. The Balaban J connectivity index is 1.30. The van der Waals surface area contributed by atoms with Gasteiger partial charge in [-0.3, -0.25) is 19.6 Å². The Labute approximate surface area is 221 Å². The van der Waals surface area contributed by atoms with E-state index in [1.165, 1.54) is 11.2 Å². The Kier molecular flexibility index (Phi) is 6.17. The highest BCUT2D eigenvalue weighted by Crippen LogP contribution is 2.42. The summed E-state index contributed by atoms with van der Waals surface area (Å²) >= 11 is 0. The van der Waals surface area contributed by atoms with Gasteiger partial charge in [0.05, 0.1) is 11.4 Å². The van der Waals surface area contributed by atoms with E-state index in [9.17, 15) is 9.59 Å². The van der Waals surface area contributed by atoms with Crippen molar-refractivity contribution in [2.75, 3.05) is 22.9 Å². The van der Waals surface area contributed by atoms with Gasteiger partial charge >= 0.3 is 6.03 Å². The molecule has 2 aliphatic rings. The van der Waals surface area contributed by atoms with Crippen molar-refractivity contribution in [1.29, 1.82) is 0 Å². The van der Waals surface area contributed by atoms with Gasteiger partial charge < -0.3 is 0 Å². The summed E-state index contributed by atoms with van der Waals surface area (Å²) in [7, 11) is 0. The van der Waals surface area contributed by atoms with E-state index in [0.29, 0.717) is 44.0 Å². The first-order chi connectivity index (χ1) is 18.6. The first kappa shape index (κ1) is 23.9. The Bertz CT molecular complexity index is 1450. The fraction of sp³-hybridized carbons (Fsp3) is 0.233. The number of carbonyl (C=O) groups is 2. The predicted molar refractivity (Wildman–Crippen MR) is 145 cm³/mol. The summed E-state index contributed by atoms with van der Waals surface area (Å²) in [5, 5.41) is 0. The number of imide groups is 1. The van der Waals surface area contributed by atoms with E-state index in [4.69, 9.17) is 0 Å². The smallest absolute Gasteiger partial charge is 0.297 e. The molecule has 190 valence electrons. The van der Waals surface area contributed by atoms with Gasteiger partial charge in [0, 0.05) is 32.0 Å². The second-order valence-electron chi connectivity index (χ2n) is 9.81. The van der Waals surface area contributed by atoms with Crippen LogP contribution >= 0.6 is 0 Å². The Morgan fingerprint density at radius 3 is 2.24 bits per heavy atom. The molecule has 0 saturated carbocycles. The normalized spacial score (nSPS) is 17.4. The van der Waals surface area contributed by atoms with Crippen LogP contribution in [0.2, 0.25) is 0 Å². The first-order valence-electron chi connectivity index (χ1n) is 12.8. The molecule has 0 bridgehead atoms. The third-order valence-corrected chi connectivity index (χ3v) is 7.61. The highest BCUT2D eigenvalue weighted by Gasteiger charge is 2.59. The number of amides is 3. The minimum atomic E-state index is -1.00. The van der Waals surface area contributed by atoms with Gasteiger partial charge in [-0.2, -0.15) is 0 Å². The van der Waals surface area contributed by atoms with E-state index in [0.717, 1.165) is 22.4 Å². The molecule has 4 aromatic rings. The Morgan fingerprint density at radius 1 is 0.816 bits per heavy atom. The number of aryl methyl sites for hydroxylation is 1. The number of carbonyl (C=O) groups excluding carboxylic acids is 2. The maximum Gasteiger partial charge on any atom is 0.338 e. The van der Waals surface area contributed by atoms with E-state index in [1.54, 1.807) is 17.2 Å². The summed E-state index contributed by atoms with van der Waals surface area (Å²) in [6.07, 6.45) is 5.84. The molecular weight excluding hydrogens is 476 g/mol. The molecule has 2 aromatic heterocycles. The van der Waals surface area contributed by atoms with Crippen LogP contribution in [0.25, 0.3) is 11.1 Å². The number of hydrogen-bond acceptors (Lipinski definition) is 6. The quantitative estimate of drug-likeness (QED) is 0.361. The van der Waals surface area contributed by atoms with Gasteiger partial charge in [0.2, 0.25) is 0 Å². The van der Waals surface area contributed by atoms with Gasteiger partial charge in [-0.1, -0.05) is 48.5 Å². The van der Waals surface area contributed by atoms with E-state index in [-0.39, 0.29) is 11.9 Å². The van der Waals surface area contributed by atoms with Gasteiger partial charge in [0.1, 0.15) is 17.7 Å². The van der Waals surface area contributed by atoms with Crippen LogP contribution < -0.4 is 9.80 Å². The van der Waals surface area contributed by atoms with Crippen LogP contribution in [-0.2, 0) is 11.3 Å². The van der Waals surface area contributed by atoms with Crippen LogP contribution in [0.15, 0.2) is 91.5 Å². The van der Waals surface area contributed by atoms with Gasteiger partial charge in [-0.25, -0.2) is 19.7 Å². The van der Waals surface area contributed by atoms with Crippen LogP contribution in [0, 0.1) is 6.92 Å². The second-order valence-corrected chi connectivity index (χ2v) is 9.81. The fourth-order valence-corrected chi connectivity index (χ4v) is 5.48. The topological polar surface area (TPSA) is 82.5 Å². The standard InChI is InChI=1S/C30H28N6O2/c1-22-6-5-16-32-26(22)20-34-18-14-30(15-19-34)28(37)35(29(38)36(30)27-13-17-31-21-33-27)25-11-9-24(10-12-25)23-7-3-2-4-8-23/h2-13,16-17,21H,14-15,18-20H2,1H3. The number of benzene rings is 2. The van der Waals surface area contributed by atoms with Crippen LogP contribution in [0.4, 0.5) is 16.3 Å². The zero-order valence-corrected chi connectivity index (χ0v) is 21.2. The van der Waals surface area contributed by atoms with Gasteiger partial charge in [-0.15, -0.1) is 0 Å². The van der Waals surface area contributed by atoms with Crippen molar-refractivity contribution in [2.45, 2.75) is 31.8 Å². The van der Waals surface area contributed by atoms with Crippen LogP contribution in [-0.4, -0.2) is 50.4 Å². The lowest BCUT2D eigenvalue weighted by Gasteiger charge is -2.41. The lowest BCUT2D eigenvalue weighted by Crippen LogP contribution is -2.57. The molecule has 6 rings (SSSR count). The molecule has 1 spiro atoms. The summed E-state index contributed by atoms with van der Waals surface area (Å²) in [6.45, 7) is 4.10. The monoisotopic (exact) mass is 504 g/mol.